The second kappa shape index (κ2) is 8.02. The van der Waals surface area contributed by atoms with E-state index < -0.39 is 16.1 Å². The summed E-state index contributed by atoms with van der Waals surface area (Å²) in [6.45, 7) is 1.17. The smallest absolute Gasteiger partial charge is 0.243 e. The molecule has 4 rings (SSSR count). The third-order valence-corrected chi connectivity index (χ3v) is 7.69. The topological polar surface area (TPSA) is 99.7 Å². The first-order chi connectivity index (χ1) is 13.8. The summed E-state index contributed by atoms with van der Waals surface area (Å²) in [4.78, 5) is 32.0. The van der Waals surface area contributed by atoms with Gasteiger partial charge in [-0.25, -0.2) is 12.7 Å². The number of amides is 2. The molecule has 0 radical (unpaired) electrons. The van der Waals surface area contributed by atoms with Crippen LogP contribution in [0.1, 0.15) is 31.4 Å². The summed E-state index contributed by atoms with van der Waals surface area (Å²) in [5.74, 6) is -0.226. The number of nitrogens with one attached hydrogen (secondary N) is 1. The number of nitrogens with zero attached hydrogens (tertiary/aromatic N) is 3. The number of carbonyl (C=O) groups excluding carboxylic acids is 2. The Kier molecular flexibility index (Phi) is 5.61. The van der Waals surface area contributed by atoms with E-state index in [0.717, 1.165) is 25.0 Å². The predicted molar refractivity (Wildman–Crippen MR) is 107 cm³/mol. The lowest BCUT2D eigenvalue weighted by atomic mass is 9.72. The minimum atomic E-state index is -3.33. The van der Waals surface area contributed by atoms with Crippen LogP contribution in [0, 0.1) is 11.8 Å². The molecular formula is C20H28N4O4S. The Labute approximate surface area is 171 Å². The van der Waals surface area contributed by atoms with Crippen molar-refractivity contribution in [2.45, 2.75) is 44.2 Å². The maximum Gasteiger partial charge on any atom is 0.243 e. The highest BCUT2D eigenvalue weighted by atomic mass is 32.2. The molecule has 8 nitrogen and oxygen atoms in total. The van der Waals surface area contributed by atoms with Gasteiger partial charge < -0.3 is 10.2 Å². The van der Waals surface area contributed by atoms with Crippen LogP contribution in [-0.4, -0.2) is 72.4 Å². The summed E-state index contributed by atoms with van der Waals surface area (Å²) in [6.07, 6.45) is 6.44. The van der Waals surface area contributed by atoms with E-state index in [1.165, 1.54) is 10.6 Å². The first kappa shape index (κ1) is 20.3. The predicted octanol–water partition coefficient (Wildman–Crippen LogP) is 0.401. The minimum Gasteiger partial charge on any atom is -0.354 e. The van der Waals surface area contributed by atoms with Crippen molar-refractivity contribution in [2.24, 2.45) is 11.8 Å². The van der Waals surface area contributed by atoms with Gasteiger partial charge in [0.15, 0.2) is 0 Å². The summed E-state index contributed by atoms with van der Waals surface area (Å²) in [7, 11) is -3.33. The van der Waals surface area contributed by atoms with Gasteiger partial charge in [0, 0.05) is 56.3 Å². The van der Waals surface area contributed by atoms with Crippen LogP contribution in [0.5, 0.6) is 0 Å². The molecule has 0 aliphatic carbocycles. The van der Waals surface area contributed by atoms with Crippen LogP contribution in [0.4, 0.5) is 0 Å². The van der Waals surface area contributed by atoms with E-state index in [1.807, 2.05) is 18.2 Å². The Morgan fingerprint density at radius 2 is 2.07 bits per heavy atom. The van der Waals surface area contributed by atoms with E-state index in [2.05, 4.69) is 10.3 Å². The molecule has 0 spiro atoms. The number of rotatable bonds is 5. The van der Waals surface area contributed by atoms with E-state index >= 15 is 0 Å². The molecule has 9 heteroatoms. The molecule has 1 aromatic rings. The van der Waals surface area contributed by atoms with Crippen molar-refractivity contribution in [3.63, 3.8) is 0 Å². The molecule has 2 amide bonds. The van der Waals surface area contributed by atoms with Gasteiger partial charge in [0.05, 0.1) is 6.26 Å². The van der Waals surface area contributed by atoms with Gasteiger partial charge in [-0.3, -0.25) is 14.6 Å². The molecule has 0 unspecified atom stereocenters. The normalized spacial score (nSPS) is 30.0. The van der Waals surface area contributed by atoms with E-state index in [1.54, 1.807) is 11.1 Å². The lowest BCUT2D eigenvalue weighted by molar-refractivity contribution is -0.158. The lowest BCUT2D eigenvalue weighted by Gasteiger charge is -2.55. The van der Waals surface area contributed by atoms with Crippen molar-refractivity contribution >= 4 is 21.8 Å². The summed E-state index contributed by atoms with van der Waals surface area (Å²) in [6, 6.07) is 5.01. The lowest BCUT2D eigenvalue weighted by Crippen LogP contribution is -2.68. The molecule has 1 aromatic heterocycles. The van der Waals surface area contributed by atoms with Gasteiger partial charge in [0.2, 0.25) is 21.8 Å². The highest BCUT2D eigenvalue weighted by Gasteiger charge is 2.52. The van der Waals surface area contributed by atoms with E-state index in [4.69, 9.17) is 0 Å². The Bertz CT molecular complexity index is 876. The van der Waals surface area contributed by atoms with Gasteiger partial charge in [-0.2, -0.15) is 0 Å². The molecule has 3 fully saturated rings. The number of hydrogen-bond acceptors (Lipinski definition) is 5. The van der Waals surface area contributed by atoms with Crippen LogP contribution in [0.15, 0.2) is 24.4 Å². The highest BCUT2D eigenvalue weighted by molar-refractivity contribution is 7.88. The number of hydrogen-bond donors (Lipinski definition) is 1. The molecule has 29 heavy (non-hydrogen) atoms. The first-order valence-corrected chi connectivity index (χ1v) is 12.1. The monoisotopic (exact) mass is 420 g/mol. The van der Waals surface area contributed by atoms with Gasteiger partial charge in [-0.1, -0.05) is 6.07 Å². The molecular weight excluding hydrogens is 392 g/mol. The summed E-state index contributed by atoms with van der Waals surface area (Å²) in [5, 5.41) is 2.97. The molecule has 3 saturated heterocycles. The van der Waals surface area contributed by atoms with Gasteiger partial charge in [-0.05, 0) is 37.3 Å². The number of aromatic nitrogens is 1. The molecule has 1 N–H and O–H groups in total. The average molecular weight is 421 g/mol. The van der Waals surface area contributed by atoms with Crippen LogP contribution < -0.4 is 5.32 Å². The van der Waals surface area contributed by atoms with Gasteiger partial charge in [-0.15, -0.1) is 0 Å². The summed E-state index contributed by atoms with van der Waals surface area (Å²) < 4.78 is 25.9. The van der Waals surface area contributed by atoms with Crippen molar-refractivity contribution < 1.29 is 18.0 Å². The van der Waals surface area contributed by atoms with Crippen LogP contribution in [0.2, 0.25) is 0 Å². The zero-order chi connectivity index (χ0) is 20.6. The molecule has 0 saturated carbocycles. The number of sulfonamides is 1. The highest BCUT2D eigenvalue weighted by Crippen LogP contribution is 2.42. The van der Waals surface area contributed by atoms with E-state index in [0.29, 0.717) is 32.5 Å². The fourth-order valence-electron chi connectivity index (χ4n) is 5.19. The van der Waals surface area contributed by atoms with Crippen molar-refractivity contribution in [3.8, 4) is 0 Å². The van der Waals surface area contributed by atoms with Crippen LogP contribution in [0.3, 0.4) is 0 Å². The molecule has 158 valence electrons. The van der Waals surface area contributed by atoms with Gasteiger partial charge in [0.25, 0.3) is 0 Å². The number of fused-ring (bicyclic) bond motifs is 4. The number of carbonyl (C=O) groups is 2. The second-order valence-electron chi connectivity index (χ2n) is 8.40. The van der Waals surface area contributed by atoms with Crippen molar-refractivity contribution in [2.75, 3.05) is 25.9 Å². The maximum atomic E-state index is 13.2. The Balaban J connectivity index is 1.52. The van der Waals surface area contributed by atoms with Gasteiger partial charge in [0.1, 0.15) is 6.04 Å². The molecule has 2 bridgehead atoms. The molecule has 3 aliphatic rings. The Morgan fingerprint density at radius 3 is 2.79 bits per heavy atom. The van der Waals surface area contributed by atoms with Gasteiger partial charge >= 0.3 is 0 Å². The fourth-order valence-corrected chi connectivity index (χ4v) is 6.11. The quantitative estimate of drug-likeness (QED) is 0.743. The molecule has 0 aromatic carbocycles. The number of pyridine rings is 1. The standard InChI is InChI=1S/C20H28N4O4S/c1-29(27,28)23-12-14-11-15(13-23)19(24-17(14)6-4-7-18(24)25)20(26)22-10-8-16-5-2-3-9-21-16/h2-3,5,9,14-15,17,19H,4,6-8,10-13H2,1H3,(H,22,26)/t14-,15+,17+,19-/m1/s1. The fraction of sp³-hybridized carbons (Fsp3) is 0.650. The summed E-state index contributed by atoms with van der Waals surface area (Å²) in [5.41, 5.74) is 0.893. The second-order valence-corrected chi connectivity index (χ2v) is 10.4. The van der Waals surface area contributed by atoms with E-state index in [9.17, 15) is 18.0 Å². The SMILES string of the molecule is CS(=O)(=O)N1C[C@H]2C[C@@H](C1)[C@H](C(=O)NCCc1ccccn1)N1C(=O)CCC[C@@H]21. The molecule has 4 heterocycles. The largest absolute Gasteiger partial charge is 0.354 e. The minimum absolute atomic E-state index is 0.0219. The van der Waals surface area contributed by atoms with Crippen molar-refractivity contribution in [1.29, 1.82) is 0 Å². The Morgan fingerprint density at radius 1 is 1.28 bits per heavy atom. The molecule has 3 aliphatic heterocycles. The van der Waals surface area contributed by atoms with E-state index in [-0.39, 0.29) is 29.7 Å². The molecule has 4 atom stereocenters. The average Bonchev–Trinajstić information content (AvgIpc) is 2.69. The van der Waals surface area contributed by atoms with Crippen molar-refractivity contribution in [3.05, 3.63) is 30.1 Å². The van der Waals surface area contributed by atoms with Crippen LogP contribution in [0.25, 0.3) is 0 Å². The third-order valence-electron chi connectivity index (χ3n) is 6.45. The zero-order valence-corrected chi connectivity index (χ0v) is 17.5. The zero-order valence-electron chi connectivity index (χ0n) is 16.7. The van der Waals surface area contributed by atoms with Crippen LogP contribution in [-0.2, 0) is 26.0 Å². The van der Waals surface area contributed by atoms with Crippen LogP contribution >= 0.6 is 0 Å². The first-order valence-electron chi connectivity index (χ1n) is 10.3. The Hall–Kier alpha value is -2.00. The summed E-state index contributed by atoms with van der Waals surface area (Å²) >= 11 is 0. The third kappa shape index (κ3) is 4.16. The maximum absolute atomic E-state index is 13.2. The van der Waals surface area contributed by atoms with Crippen molar-refractivity contribution in [1.82, 2.24) is 19.5 Å². The number of piperidine rings is 3.